The molecule has 0 atom stereocenters. The molecule has 0 spiro atoms. The van der Waals surface area contributed by atoms with Crippen LogP contribution in [0.1, 0.15) is 23.4 Å². The van der Waals surface area contributed by atoms with Crippen LogP contribution in [0, 0.1) is 0 Å². The summed E-state index contributed by atoms with van der Waals surface area (Å²) in [6, 6.07) is 0. The number of hydrogen-bond acceptors (Lipinski definition) is 3. The number of halogens is 2. The molecule has 5 heteroatoms. The number of aryl methyl sites for hydroxylation is 1. The third-order valence-corrected chi connectivity index (χ3v) is 2.55. The van der Waals surface area contributed by atoms with Gasteiger partial charge in [-0.25, -0.2) is 8.78 Å². The summed E-state index contributed by atoms with van der Waals surface area (Å²) in [6.45, 7) is 0. The first-order valence-corrected chi connectivity index (χ1v) is 4.70. The summed E-state index contributed by atoms with van der Waals surface area (Å²) in [5.74, 6) is -1.64. The lowest BCUT2D eigenvalue weighted by atomic mass is 9.93. The maximum Gasteiger partial charge on any atom is 0.252 e. The smallest absolute Gasteiger partial charge is 0.252 e. The molecular formula is C8H9F2NOS. The molecule has 0 amide bonds. The molecule has 0 unspecified atom stereocenters. The van der Waals surface area contributed by atoms with Gasteiger partial charge in [-0.15, -0.1) is 0 Å². The van der Waals surface area contributed by atoms with Crippen molar-refractivity contribution in [2.45, 2.75) is 30.9 Å². The van der Waals surface area contributed by atoms with Crippen molar-refractivity contribution in [1.29, 1.82) is 0 Å². The van der Waals surface area contributed by atoms with Gasteiger partial charge in [-0.1, -0.05) is 5.16 Å². The molecule has 1 aliphatic carbocycles. The second-order valence-electron chi connectivity index (χ2n) is 3.22. The van der Waals surface area contributed by atoms with E-state index in [2.05, 4.69) is 17.8 Å². The highest BCUT2D eigenvalue weighted by Crippen LogP contribution is 2.34. The highest BCUT2D eigenvalue weighted by atomic mass is 32.1. The molecule has 1 heterocycles. The van der Waals surface area contributed by atoms with Gasteiger partial charge >= 0.3 is 0 Å². The van der Waals surface area contributed by atoms with Crippen LogP contribution in [-0.2, 0) is 18.6 Å². The van der Waals surface area contributed by atoms with Crippen molar-refractivity contribution >= 4 is 12.6 Å². The van der Waals surface area contributed by atoms with Crippen molar-refractivity contribution in [2.24, 2.45) is 0 Å². The van der Waals surface area contributed by atoms with Gasteiger partial charge in [0, 0.05) is 30.6 Å². The lowest BCUT2D eigenvalue weighted by Crippen LogP contribution is -2.25. The molecule has 72 valence electrons. The van der Waals surface area contributed by atoms with Gasteiger partial charge in [-0.3, -0.25) is 0 Å². The van der Waals surface area contributed by atoms with Crippen molar-refractivity contribution in [3.05, 3.63) is 17.0 Å². The van der Waals surface area contributed by atoms with Crippen molar-refractivity contribution in [3.8, 4) is 0 Å². The van der Waals surface area contributed by atoms with E-state index in [1.54, 1.807) is 0 Å². The molecule has 0 saturated heterocycles. The SMILES string of the molecule is FC1(F)CCc2onc(CS)c2C1. The minimum atomic E-state index is -2.60. The van der Waals surface area contributed by atoms with Gasteiger partial charge in [-0.2, -0.15) is 12.6 Å². The Morgan fingerprint density at radius 1 is 1.54 bits per heavy atom. The Kier molecular flexibility index (Phi) is 2.06. The largest absolute Gasteiger partial charge is 0.361 e. The fraction of sp³-hybridized carbons (Fsp3) is 0.625. The first kappa shape index (κ1) is 8.99. The van der Waals surface area contributed by atoms with Gasteiger partial charge in [0.15, 0.2) is 0 Å². The minimum Gasteiger partial charge on any atom is -0.361 e. The molecule has 0 bridgehead atoms. The number of hydrogen-bond donors (Lipinski definition) is 1. The van der Waals surface area contributed by atoms with Crippen LogP contribution in [0.5, 0.6) is 0 Å². The summed E-state index contributed by atoms with van der Waals surface area (Å²) in [4.78, 5) is 0. The summed E-state index contributed by atoms with van der Waals surface area (Å²) < 4.78 is 30.9. The van der Waals surface area contributed by atoms with Gasteiger partial charge < -0.3 is 4.52 Å². The zero-order chi connectivity index (χ0) is 9.47. The average Bonchev–Trinajstić information content (AvgIpc) is 2.44. The molecule has 0 aromatic carbocycles. The van der Waals surface area contributed by atoms with E-state index in [0.29, 0.717) is 22.8 Å². The molecule has 2 nitrogen and oxygen atoms in total. The second kappa shape index (κ2) is 2.97. The molecule has 13 heavy (non-hydrogen) atoms. The molecule has 0 radical (unpaired) electrons. The zero-order valence-corrected chi connectivity index (χ0v) is 7.78. The summed E-state index contributed by atoms with van der Waals surface area (Å²) in [6.07, 6.45) is -0.105. The molecule has 1 aliphatic rings. The van der Waals surface area contributed by atoms with Crippen LogP contribution >= 0.6 is 12.6 Å². The second-order valence-corrected chi connectivity index (χ2v) is 3.54. The van der Waals surface area contributed by atoms with E-state index in [-0.39, 0.29) is 19.3 Å². The summed E-state index contributed by atoms with van der Waals surface area (Å²) in [5.41, 5.74) is 1.11. The van der Waals surface area contributed by atoms with Crippen LogP contribution in [0.2, 0.25) is 0 Å². The van der Waals surface area contributed by atoms with Crippen LogP contribution in [0.4, 0.5) is 8.78 Å². The monoisotopic (exact) mass is 205 g/mol. The van der Waals surface area contributed by atoms with Gasteiger partial charge in [0.25, 0.3) is 5.92 Å². The van der Waals surface area contributed by atoms with E-state index in [9.17, 15) is 8.78 Å². The summed E-state index contributed by atoms with van der Waals surface area (Å²) >= 11 is 4.00. The van der Waals surface area contributed by atoms with Gasteiger partial charge in [-0.05, 0) is 0 Å². The fourth-order valence-electron chi connectivity index (χ4n) is 1.55. The summed E-state index contributed by atoms with van der Waals surface area (Å²) in [7, 11) is 0. The third-order valence-electron chi connectivity index (χ3n) is 2.25. The molecular weight excluding hydrogens is 196 g/mol. The highest BCUT2D eigenvalue weighted by molar-refractivity contribution is 7.79. The number of nitrogens with zero attached hydrogens (tertiary/aromatic N) is 1. The van der Waals surface area contributed by atoms with Crippen LogP contribution in [-0.4, -0.2) is 11.1 Å². The molecule has 0 saturated carbocycles. The van der Waals surface area contributed by atoms with Crippen LogP contribution in [0.15, 0.2) is 4.52 Å². The van der Waals surface area contributed by atoms with E-state index >= 15 is 0 Å². The van der Waals surface area contributed by atoms with Gasteiger partial charge in [0.1, 0.15) is 5.76 Å². The maximum atomic E-state index is 13.0. The Hall–Kier alpha value is -0.580. The Balaban J connectivity index is 2.36. The van der Waals surface area contributed by atoms with Crippen molar-refractivity contribution in [3.63, 3.8) is 0 Å². The van der Waals surface area contributed by atoms with Gasteiger partial charge in [0.2, 0.25) is 0 Å². The average molecular weight is 205 g/mol. The molecule has 0 aliphatic heterocycles. The third kappa shape index (κ3) is 1.57. The molecule has 2 rings (SSSR count). The zero-order valence-electron chi connectivity index (χ0n) is 6.89. The predicted molar refractivity (Wildman–Crippen MR) is 46.2 cm³/mol. The van der Waals surface area contributed by atoms with Crippen molar-refractivity contribution in [1.82, 2.24) is 5.16 Å². The molecule has 0 fully saturated rings. The van der Waals surface area contributed by atoms with E-state index in [0.717, 1.165) is 0 Å². The van der Waals surface area contributed by atoms with Crippen LogP contribution in [0.25, 0.3) is 0 Å². The lowest BCUT2D eigenvalue weighted by molar-refractivity contribution is -0.0147. The maximum absolute atomic E-state index is 13.0. The predicted octanol–water partition coefficient (Wildman–Crippen LogP) is 2.23. The molecule has 0 N–H and O–H groups in total. The number of rotatable bonds is 1. The number of thiol groups is 1. The number of alkyl halides is 2. The summed E-state index contributed by atoms with van der Waals surface area (Å²) in [5, 5.41) is 3.70. The van der Waals surface area contributed by atoms with Crippen LogP contribution < -0.4 is 0 Å². The normalized spacial score (nSPS) is 19.9. The Morgan fingerprint density at radius 2 is 2.31 bits per heavy atom. The van der Waals surface area contributed by atoms with E-state index in [4.69, 9.17) is 4.52 Å². The van der Waals surface area contributed by atoms with Crippen molar-refractivity contribution in [2.75, 3.05) is 0 Å². The topological polar surface area (TPSA) is 26.0 Å². The first-order valence-electron chi connectivity index (χ1n) is 4.07. The van der Waals surface area contributed by atoms with Crippen molar-refractivity contribution < 1.29 is 13.3 Å². The lowest BCUT2D eigenvalue weighted by Gasteiger charge is -2.20. The Bertz CT molecular complexity index is 310. The molecule has 1 aromatic heterocycles. The highest BCUT2D eigenvalue weighted by Gasteiger charge is 2.37. The fourth-order valence-corrected chi connectivity index (χ4v) is 1.79. The molecule has 1 aromatic rings. The Morgan fingerprint density at radius 3 is 3.00 bits per heavy atom. The number of fused-ring (bicyclic) bond motifs is 1. The van der Waals surface area contributed by atoms with E-state index < -0.39 is 5.92 Å². The minimum absolute atomic E-state index is 0.138. The Labute approximate surface area is 79.7 Å². The van der Waals surface area contributed by atoms with E-state index in [1.807, 2.05) is 0 Å². The quantitative estimate of drug-likeness (QED) is 0.711. The number of aromatic nitrogens is 1. The van der Waals surface area contributed by atoms with Crippen LogP contribution in [0.3, 0.4) is 0 Å². The van der Waals surface area contributed by atoms with E-state index in [1.165, 1.54) is 0 Å². The van der Waals surface area contributed by atoms with Gasteiger partial charge in [0.05, 0.1) is 5.69 Å². The standard InChI is InChI=1S/C8H9F2NOS/c9-8(10)2-1-7-5(3-8)6(4-13)11-12-7/h13H,1-4H2. The first-order chi connectivity index (χ1) is 6.12.